The topological polar surface area (TPSA) is 23.6 Å². The summed E-state index contributed by atoms with van der Waals surface area (Å²) in [5.74, 6) is 0.176. The first-order valence-electron chi connectivity index (χ1n) is 8.78. The maximum atomic E-state index is 12.8. The number of carbonyl (C=O) groups is 1. The van der Waals surface area contributed by atoms with Gasteiger partial charge in [-0.25, -0.2) is 0 Å². The van der Waals surface area contributed by atoms with Crippen molar-refractivity contribution in [2.45, 2.75) is 32.9 Å². The number of amides is 1. The van der Waals surface area contributed by atoms with E-state index in [-0.39, 0.29) is 5.91 Å². The fraction of sp³-hybridized carbons (Fsp3) is 0.381. The van der Waals surface area contributed by atoms with Crippen LogP contribution in [0.5, 0.6) is 0 Å². The summed E-state index contributed by atoms with van der Waals surface area (Å²) in [6.07, 6.45) is 2.08. The number of benzene rings is 2. The summed E-state index contributed by atoms with van der Waals surface area (Å²) < 4.78 is 0. The minimum Gasteiger partial charge on any atom is -0.334 e. The van der Waals surface area contributed by atoms with Crippen LogP contribution in [-0.2, 0) is 25.9 Å². The molecule has 0 spiro atoms. The normalized spacial score (nSPS) is 17.6. The highest BCUT2D eigenvalue weighted by Crippen LogP contribution is 2.24. The third-order valence-electron chi connectivity index (χ3n) is 5.28. The molecule has 2 heterocycles. The number of likely N-dealkylation sites (N-methyl/N-ethyl adjacent to an activating group) is 1. The van der Waals surface area contributed by atoms with E-state index in [1.165, 1.54) is 22.3 Å². The van der Waals surface area contributed by atoms with Gasteiger partial charge in [0.15, 0.2) is 0 Å². The molecule has 2 aliphatic heterocycles. The van der Waals surface area contributed by atoms with Crippen LogP contribution >= 0.6 is 0 Å². The Morgan fingerprint density at radius 2 is 1.75 bits per heavy atom. The minimum absolute atomic E-state index is 0.176. The zero-order valence-electron chi connectivity index (χ0n) is 14.5. The molecule has 124 valence electrons. The molecule has 3 heteroatoms. The molecule has 0 aliphatic carbocycles. The molecular formula is C21H24N2O. The third kappa shape index (κ3) is 2.84. The average Bonchev–Trinajstić information content (AvgIpc) is 2.57. The Morgan fingerprint density at radius 1 is 0.958 bits per heavy atom. The lowest BCUT2D eigenvalue weighted by Crippen LogP contribution is -2.37. The number of rotatable bonds is 2. The van der Waals surface area contributed by atoms with Gasteiger partial charge >= 0.3 is 0 Å². The van der Waals surface area contributed by atoms with Crippen molar-refractivity contribution in [3.05, 3.63) is 69.8 Å². The number of fused-ring (bicyclic) bond motifs is 2. The lowest BCUT2D eigenvalue weighted by atomic mass is 9.95. The van der Waals surface area contributed by atoms with E-state index in [0.717, 1.165) is 43.6 Å². The number of carbonyl (C=O) groups excluding carboxylic acids is 1. The molecule has 0 saturated heterocycles. The van der Waals surface area contributed by atoms with Gasteiger partial charge in [-0.2, -0.15) is 0 Å². The van der Waals surface area contributed by atoms with Crippen LogP contribution in [0.3, 0.4) is 0 Å². The van der Waals surface area contributed by atoms with E-state index in [1.54, 1.807) is 0 Å². The molecule has 1 amide bonds. The first kappa shape index (κ1) is 15.4. The molecule has 24 heavy (non-hydrogen) atoms. The van der Waals surface area contributed by atoms with Crippen molar-refractivity contribution < 1.29 is 4.79 Å². The van der Waals surface area contributed by atoms with E-state index in [9.17, 15) is 4.79 Å². The van der Waals surface area contributed by atoms with Crippen molar-refractivity contribution in [1.29, 1.82) is 0 Å². The number of hydrogen-bond acceptors (Lipinski definition) is 2. The summed E-state index contributed by atoms with van der Waals surface area (Å²) in [7, 11) is 2.17. The largest absolute Gasteiger partial charge is 0.334 e. The highest BCUT2D eigenvalue weighted by atomic mass is 16.2. The molecule has 0 atom stereocenters. The molecule has 2 aliphatic rings. The molecule has 2 aromatic carbocycles. The first-order chi connectivity index (χ1) is 11.6. The maximum Gasteiger partial charge on any atom is 0.254 e. The van der Waals surface area contributed by atoms with Gasteiger partial charge in [0.2, 0.25) is 0 Å². The van der Waals surface area contributed by atoms with Gasteiger partial charge in [-0.3, -0.25) is 4.79 Å². The zero-order valence-corrected chi connectivity index (χ0v) is 14.5. The van der Waals surface area contributed by atoms with Crippen LogP contribution in [0.4, 0.5) is 0 Å². The smallest absolute Gasteiger partial charge is 0.254 e. The Kier molecular flexibility index (Phi) is 3.89. The average molecular weight is 320 g/mol. The van der Waals surface area contributed by atoms with E-state index in [4.69, 9.17) is 0 Å². The van der Waals surface area contributed by atoms with Crippen LogP contribution in [0.1, 0.15) is 38.2 Å². The molecule has 0 bridgehead atoms. The van der Waals surface area contributed by atoms with Crippen molar-refractivity contribution in [1.82, 2.24) is 9.80 Å². The Hall–Kier alpha value is -2.13. The van der Waals surface area contributed by atoms with Gasteiger partial charge < -0.3 is 9.80 Å². The van der Waals surface area contributed by atoms with Crippen molar-refractivity contribution in [2.24, 2.45) is 0 Å². The van der Waals surface area contributed by atoms with E-state index in [0.29, 0.717) is 6.54 Å². The zero-order chi connectivity index (χ0) is 16.7. The summed E-state index contributed by atoms with van der Waals surface area (Å²) in [5, 5.41) is 0. The van der Waals surface area contributed by atoms with E-state index in [1.807, 2.05) is 17.9 Å². The number of aryl methyl sites for hydroxylation is 1. The molecule has 0 unspecified atom stereocenters. The fourth-order valence-electron chi connectivity index (χ4n) is 3.86. The lowest BCUT2D eigenvalue weighted by Gasteiger charge is -2.30. The van der Waals surface area contributed by atoms with Crippen molar-refractivity contribution >= 4 is 5.91 Å². The highest BCUT2D eigenvalue weighted by Gasteiger charge is 2.24. The molecular weight excluding hydrogens is 296 g/mol. The van der Waals surface area contributed by atoms with Gasteiger partial charge in [0.1, 0.15) is 0 Å². The van der Waals surface area contributed by atoms with Crippen LogP contribution in [0.2, 0.25) is 0 Å². The Labute approximate surface area is 143 Å². The van der Waals surface area contributed by atoms with Crippen molar-refractivity contribution in [3.8, 4) is 0 Å². The second kappa shape index (κ2) is 6.06. The summed E-state index contributed by atoms with van der Waals surface area (Å²) in [6, 6.07) is 13.0. The van der Waals surface area contributed by atoms with Gasteiger partial charge in [-0.1, -0.05) is 35.9 Å². The quantitative estimate of drug-likeness (QED) is 0.848. The van der Waals surface area contributed by atoms with Crippen LogP contribution in [0.25, 0.3) is 0 Å². The molecule has 0 radical (unpaired) electrons. The Morgan fingerprint density at radius 3 is 2.62 bits per heavy atom. The molecule has 0 fully saturated rings. The predicted molar refractivity (Wildman–Crippen MR) is 96.1 cm³/mol. The predicted octanol–water partition coefficient (Wildman–Crippen LogP) is 3.18. The second-order valence-electron chi connectivity index (χ2n) is 7.23. The second-order valence-corrected chi connectivity index (χ2v) is 7.23. The maximum absolute atomic E-state index is 12.8. The standard InChI is InChI=1S/C21H24N2O/c1-15-3-5-18-8-10-23(21(24)20(18)11-15)13-16-4-6-17-7-9-22(2)14-19(17)12-16/h3-6,11-12H,7-10,13-14H2,1-2H3. The Bertz CT molecular complexity index is 796. The van der Waals surface area contributed by atoms with Crippen LogP contribution < -0.4 is 0 Å². The summed E-state index contributed by atoms with van der Waals surface area (Å²) in [5.41, 5.74) is 7.35. The van der Waals surface area contributed by atoms with E-state index < -0.39 is 0 Å². The van der Waals surface area contributed by atoms with Crippen molar-refractivity contribution in [3.63, 3.8) is 0 Å². The summed E-state index contributed by atoms with van der Waals surface area (Å²) in [6.45, 7) is 5.72. The van der Waals surface area contributed by atoms with Crippen molar-refractivity contribution in [2.75, 3.05) is 20.1 Å². The van der Waals surface area contributed by atoms with Gasteiger partial charge in [0.05, 0.1) is 0 Å². The van der Waals surface area contributed by atoms with Crippen LogP contribution in [0, 0.1) is 6.92 Å². The van der Waals surface area contributed by atoms with E-state index >= 15 is 0 Å². The summed E-state index contributed by atoms with van der Waals surface area (Å²) in [4.78, 5) is 17.2. The van der Waals surface area contributed by atoms with E-state index in [2.05, 4.69) is 42.3 Å². The van der Waals surface area contributed by atoms with Gasteiger partial charge in [0, 0.05) is 31.7 Å². The fourth-order valence-corrected chi connectivity index (χ4v) is 3.86. The van der Waals surface area contributed by atoms with Crippen LogP contribution in [-0.4, -0.2) is 35.8 Å². The number of hydrogen-bond donors (Lipinski definition) is 0. The molecule has 3 nitrogen and oxygen atoms in total. The summed E-state index contributed by atoms with van der Waals surface area (Å²) >= 11 is 0. The van der Waals surface area contributed by atoms with Crippen LogP contribution in [0.15, 0.2) is 36.4 Å². The molecule has 2 aromatic rings. The molecule has 4 rings (SSSR count). The minimum atomic E-state index is 0.176. The van der Waals surface area contributed by atoms with Gasteiger partial charge in [-0.15, -0.1) is 0 Å². The molecule has 0 N–H and O–H groups in total. The monoisotopic (exact) mass is 320 g/mol. The lowest BCUT2D eigenvalue weighted by molar-refractivity contribution is 0.0727. The highest BCUT2D eigenvalue weighted by molar-refractivity contribution is 5.96. The van der Waals surface area contributed by atoms with Gasteiger partial charge in [0.25, 0.3) is 5.91 Å². The SMILES string of the molecule is Cc1ccc2c(c1)C(=O)N(Cc1ccc3c(c1)CN(C)CC3)CC2. The third-order valence-corrected chi connectivity index (χ3v) is 5.28. The first-order valence-corrected chi connectivity index (χ1v) is 8.78. The van der Waals surface area contributed by atoms with Gasteiger partial charge in [-0.05, 0) is 55.1 Å². The Balaban J connectivity index is 1.56. The number of nitrogens with zero attached hydrogens (tertiary/aromatic N) is 2. The molecule has 0 aromatic heterocycles. The molecule has 0 saturated carbocycles.